The van der Waals surface area contributed by atoms with Crippen LogP contribution >= 0.6 is 22.9 Å². The van der Waals surface area contributed by atoms with Crippen LogP contribution in [-0.4, -0.2) is 26.8 Å². The molecule has 0 saturated heterocycles. The monoisotopic (exact) mass is 376 g/mol. The number of aryl methyl sites for hydroxylation is 1. The maximum Gasteiger partial charge on any atom is 0.175 e. The molecule has 0 unspecified atom stereocenters. The maximum absolute atomic E-state index is 10.2. The molecule has 25 heavy (non-hydrogen) atoms. The predicted octanol–water partition coefficient (Wildman–Crippen LogP) is 4.33. The van der Waals surface area contributed by atoms with Crippen LogP contribution in [0.1, 0.15) is 21.0 Å². The van der Waals surface area contributed by atoms with Crippen molar-refractivity contribution in [3.8, 4) is 22.8 Å². The molecule has 0 aliphatic carbocycles. The second-order valence-corrected chi connectivity index (χ2v) is 8.01. The summed E-state index contributed by atoms with van der Waals surface area (Å²) in [5, 5.41) is 24.1. The topological polar surface area (TPSA) is 69.7 Å². The number of halogens is 1. The molecule has 0 fully saturated rings. The lowest BCUT2D eigenvalue weighted by atomic mass is 10.0. The van der Waals surface area contributed by atoms with Crippen LogP contribution < -0.4 is 0 Å². The van der Waals surface area contributed by atoms with Gasteiger partial charge in [-0.15, -0.1) is 11.3 Å². The van der Waals surface area contributed by atoms with E-state index in [0.29, 0.717) is 17.9 Å². The molecular weight excluding hydrogens is 360 g/mol. The van der Waals surface area contributed by atoms with Crippen LogP contribution in [-0.2, 0) is 19.5 Å². The van der Waals surface area contributed by atoms with Gasteiger partial charge in [0.1, 0.15) is 11.5 Å². The second kappa shape index (κ2) is 6.37. The number of rotatable bonds is 3. The van der Waals surface area contributed by atoms with Crippen molar-refractivity contribution in [1.29, 1.82) is 0 Å². The lowest BCUT2D eigenvalue weighted by Crippen LogP contribution is -2.29. The number of benzene rings is 1. The maximum atomic E-state index is 10.2. The van der Waals surface area contributed by atoms with Gasteiger partial charge in [0.05, 0.1) is 16.3 Å². The van der Waals surface area contributed by atoms with Gasteiger partial charge in [0, 0.05) is 47.4 Å². The van der Waals surface area contributed by atoms with E-state index in [1.165, 1.54) is 21.9 Å². The zero-order valence-corrected chi connectivity index (χ0v) is 15.2. The van der Waals surface area contributed by atoms with Gasteiger partial charge >= 0.3 is 0 Å². The first-order valence-corrected chi connectivity index (χ1v) is 9.17. The molecule has 0 atom stereocenters. The van der Waals surface area contributed by atoms with Crippen LogP contribution in [0.2, 0.25) is 5.02 Å². The first-order valence-electron chi connectivity index (χ1n) is 7.98. The minimum atomic E-state index is -0.161. The fourth-order valence-electron chi connectivity index (χ4n) is 3.14. The van der Waals surface area contributed by atoms with Crippen molar-refractivity contribution in [3.05, 3.63) is 50.3 Å². The van der Waals surface area contributed by atoms with Crippen molar-refractivity contribution in [1.82, 2.24) is 10.1 Å². The van der Waals surface area contributed by atoms with E-state index in [1.807, 2.05) is 0 Å². The molecule has 2 aromatic heterocycles. The highest BCUT2D eigenvalue weighted by Crippen LogP contribution is 2.40. The number of phenolic OH excluding ortho intramolecular Hbond substituents is 2. The number of hydrogen-bond acceptors (Lipinski definition) is 6. The van der Waals surface area contributed by atoms with E-state index in [1.54, 1.807) is 11.3 Å². The largest absolute Gasteiger partial charge is 0.507 e. The number of thiophene rings is 1. The summed E-state index contributed by atoms with van der Waals surface area (Å²) >= 11 is 7.80. The number of nitrogens with zero attached hydrogens (tertiary/aromatic N) is 2. The smallest absolute Gasteiger partial charge is 0.175 e. The molecule has 0 amide bonds. The summed E-state index contributed by atoms with van der Waals surface area (Å²) < 4.78 is 5.51. The first-order chi connectivity index (χ1) is 12.0. The van der Waals surface area contributed by atoms with Gasteiger partial charge in [0.15, 0.2) is 5.76 Å². The fraction of sp³-hybridized carbons (Fsp3) is 0.278. The third-order valence-corrected chi connectivity index (χ3v) is 5.69. The molecule has 0 spiro atoms. The summed E-state index contributed by atoms with van der Waals surface area (Å²) in [6.07, 6.45) is 0.801. The Labute approximate surface area is 154 Å². The van der Waals surface area contributed by atoms with Crippen LogP contribution in [0.25, 0.3) is 11.3 Å². The van der Waals surface area contributed by atoms with Crippen LogP contribution in [0.4, 0.5) is 0 Å². The molecule has 3 aromatic rings. The Bertz CT molecular complexity index is 935. The second-order valence-electron chi connectivity index (χ2n) is 6.23. The highest BCUT2D eigenvalue weighted by atomic mass is 35.5. The van der Waals surface area contributed by atoms with Gasteiger partial charge in [-0.05, 0) is 25.1 Å². The van der Waals surface area contributed by atoms with Gasteiger partial charge in [-0.25, -0.2) is 0 Å². The van der Waals surface area contributed by atoms with Crippen molar-refractivity contribution < 1.29 is 14.7 Å². The SMILES string of the molecule is Cc1ccc(CN2CCc3noc(-c4cc(Cl)c(O)cc4O)c3C2)s1. The molecule has 3 heterocycles. The molecular formula is C18H17ClN2O3S. The Morgan fingerprint density at radius 2 is 2.12 bits per heavy atom. The molecule has 1 aromatic carbocycles. The first kappa shape index (κ1) is 16.4. The fourth-order valence-corrected chi connectivity index (χ4v) is 4.23. The average molecular weight is 377 g/mol. The third-order valence-electron chi connectivity index (χ3n) is 4.40. The molecule has 0 bridgehead atoms. The highest BCUT2D eigenvalue weighted by Gasteiger charge is 2.27. The van der Waals surface area contributed by atoms with Crippen LogP contribution in [0, 0.1) is 6.92 Å². The van der Waals surface area contributed by atoms with Crippen LogP contribution in [0.5, 0.6) is 11.5 Å². The third kappa shape index (κ3) is 3.13. The minimum Gasteiger partial charge on any atom is -0.507 e. The Morgan fingerprint density at radius 1 is 1.28 bits per heavy atom. The summed E-state index contributed by atoms with van der Waals surface area (Å²) in [7, 11) is 0. The Balaban J connectivity index is 1.64. The molecule has 4 rings (SSSR count). The number of aromatic hydroxyl groups is 2. The van der Waals surface area contributed by atoms with Gasteiger partial charge in [0.25, 0.3) is 0 Å². The summed E-state index contributed by atoms with van der Waals surface area (Å²) in [5.41, 5.74) is 2.33. The van der Waals surface area contributed by atoms with Crippen molar-refractivity contribution in [2.24, 2.45) is 0 Å². The molecule has 1 aliphatic heterocycles. The van der Waals surface area contributed by atoms with Gasteiger partial charge in [0.2, 0.25) is 0 Å². The van der Waals surface area contributed by atoms with Gasteiger partial charge in [-0.2, -0.15) is 0 Å². The Kier molecular flexibility index (Phi) is 4.19. The summed E-state index contributed by atoms with van der Waals surface area (Å²) in [4.78, 5) is 4.98. The van der Waals surface area contributed by atoms with Crippen LogP contribution in [0.3, 0.4) is 0 Å². The lowest BCUT2D eigenvalue weighted by Gasteiger charge is -2.25. The van der Waals surface area contributed by atoms with Crippen LogP contribution in [0.15, 0.2) is 28.8 Å². The average Bonchev–Trinajstić information content (AvgIpc) is 3.17. The lowest BCUT2D eigenvalue weighted by molar-refractivity contribution is 0.247. The van der Waals surface area contributed by atoms with Gasteiger partial charge in [-0.3, -0.25) is 4.90 Å². The number of aromatic nitrogens is 1. The van der Waals surface area contributed by atoms with Crippen molar-refractivity contribution in [2.45, 2.75) is 26.4 Å². The van der Waals surface area contributed by atoms with E-state index in [0.717, 1.165) is 30.8 Å². The van der Waals surface area contributed by atoms with E-state index < -0.39 is 0 Å². The van der Waals surface area contributed by atoms with Crippen molar-refractivity contribution in [2.75, 3.05) is 6.54 Å². The molecule has 7 heteroatoms. The molecule has 0 saturated carbocycles. The van der Waals surface area contributed by atoms with E-state index in [9.17, 15) is 10.2 Å². The molecule has 5 nitrogen and oxygen atoms in total. The van der Waals surface area contributed by atoms with Gasteiger partial charge in [-0.1, -0.05) is 16.8 Å². The Morgan fingerprint density at radius 3 is 2.88 bits per heavy atom. The van der Waals surface area contributed by atoms with E-state index in [-0.39, 0.29) is 16.5 Å². The zero-order chi connectivity index (χ0) is 17.6. The number of fused-ring (bicyclic) bond motifs is 1. The van der Waals surface area contributed by atoms with E-state index >= 15 is 0 Å². The summed E-state index contributed by atoms with van der Waals surface area (Å²) in [6.45, 7) is 4.60. The van der Waals surface area contributed by atoms with Crippen molar-refractivity contribution in [3.63, 3.8) is 0 Å². The van der Waals surface area contributed by atoms with E-state index in [4.69, 9.17) is 16.1 Å². The highest BCUT2D eigenvalue weighted by molar-refractivity contribution is 7.11. The predicted molar refractivity (Wildman–Crippen MR) is 97.2 cm³/mol. The normalized spacial score (nSPS) is 14.6. The number of phenols is 2. The zero-order valence-electron chi connectivity index (χ0n) is 13.6. The van der Waals surface area contributed by atoms with Gasteiger partial charge < -0.3 is 14.7 Å². The van der Waals surface area contributed by atoms with Crippen molar-refractivity contribution >= 4 is 22.9 Å². The molecule has 1 aliphatic rings. The molecule has 2 N–H and O–H groups in total. The standard InChI is InChI=1S/C18H17ClN2O3S/c1-10-2-3-11(25-10)8-21-5-4-15-13(9-21)18(24-20-15)12-6-14(19)17(23)7-16(12)22/h2-3,6-7,22-23H,4-5,8-9H2,1H3. The quantitative estimate of drug-likeness (QED) is 0.711. The number of hydrogen-bond donors (Lipinski definition) is 2. The van der Waals surface area contributed by atoms with E-state index in [2.05, 4.69) is 29.1 Å². The minimum absolute atomic E-state index is 0.0770. The summed E-state index contributed by atoms with van der Waals surface area (Å²) in [6, 6.07) is 7.03. The molecule has 0 radical (unpaired) electrons. The Hall–Kier alpha value is -2.02. The molecule has 130 valence electrons. The summed E-state index contributed by atoms with van der Waals surface area (Å²) in [5.74, 6) is 0.277.